The van der Waals surface area contributed by atoms with Crippen LogP contribution in [0.3, 0.4) is 0 Å². The Labute approximate surface area is 103 Å². The third-order valence-electron chi connectivity index (χ3n) is 2.94. The Balaban J connectivity index is 0.00000128. The van der Waals surface area contributed by atoms with Crippen LogP contribution in [0.4, 0.5) is 4.79 Å². The number of likely N-dealkylation sites (tertiary alicyclic amines) is 1. The molecule has 0 unspecified atom stereocenters. The van der Waals surface area contributed by atoms with E-state index in [4.69, 9.17) is 4.74 Å². The first-order valence-electron chi connectivity index (χ1n) is 5.71. The zero-order chi connectivity index (χ0) is 10.5. The Morgan fingerprint density at radius 2 is 1.75 bits per heavy atom. The maximum Gasteiger partial charge on any atom is 0.411 e. The van der Waals surface area contributed by atoms with E-state index in [-0.39, 0.29) is 18.5 Å². The fourth-order valence-corrected chi connectivity index (χ4v) is 2.00. The van der Waals surface area contributed by atoms with Gasteiger partial charge in [-0.15, -0.1) is 12.4 Å². The van der Waals surface area contributed by atoms with E-state index < -0.39 is 0 Å². The molecule has 2 aliphatic heterocycles. The number of hydrogen-bond acceptors (Lipinski definition) is 4. The summed E-state index contributed by atoms with van der Waals surface area (Å²) in [5, 5.41) is 3.21. The van der Waals surface area contributed by atoms with Crippen LogP contribution in [0.1, 0.15) is 12.8 Å². The quantitative estimate of drug-likeness (QED) is 0.774. The number of nitrogens with zero attached hydrogens (tertiary/aromatic N) is 2. The van der Waals surface area contributed by atoms with E-state index >= 15 is 0 Å². The van der Waals surface area contributed by atoms with Crippen molar-refractivity contribution in [1.82, 2.24) is 15.1 Å². The molecule has 1 amide bonds. The number of halogens is 1. The first kappa shape index (κ1) is 13.5. The number of carbonyl (C=O) groups is 1. The molecule has 2 rings (SSSR count). The molecule has 94 valence electrons. The van der Waals surface area contributed by atoms with Crippen LogP contribution in [0.5, 0.6) is 0 Å². The Morgan fingerprint density at radius 1 is 1.12 bits per heavy atom. The Bertz CT molecular complexity index is 216. The molecule has 0 saturated carbocycles. The fraction of sp³-hybridized carbons (Fsp3) is 0.900. The first-order valence-corrected chi connectivity index (χ1v) is 5.71. The number of ether oxygens (including phenoxy) is 1. The predicted octanol–water partition coefficient (Wildman–Crippen LogP) is 0.503. The number of nitrogens with one attached hydrogen (secondary N) is 1. The lowest BCUT2D eigenvalue weighted by atomic mass is 10.4. The maximum absolute atomic E-state index is 11.6. The number of piperazine rings is 1. The van der Waals surface area contributed by atoms with Crippen LogP contribution in [0.2, 0.25) is 0 Å². The lowest BCUT2D eigenvalue weighted by Gasteiger charge is -2.27. The summed E-state index contributed by atoms with van der Waals surface area (Å²) in [6, 6.07) is 0. The molecular weight excluding hydrogens is 230 g/mol. The third kappa shape index (κ3) is 3.81. The zero-order valence-electron chi connectivity index (χ0n) is 9.48. The van der Waals surface area contributed by atoms with E-state index in [2.05, 4.69) is 10.2 Å². The lowest BCUT2D eigenvalue weighted by Crippen LogP contribution is -2.47. The first-order chi connectivity index (χ1) is 7.36. The Hall–Kier alpha value is -0.520. The Kier molecular flexibility index (Phi) is 5.87. The second kappa shape index (κ2) is 6.93. The normalized spacial score (nSPS) is 21.6. The maximum atomic E-state index is 11.6. The molecule has 2 fully saturated rings. The third-order valence-corrected chi connectivity index (χ3v) is 2.94. The second-order valence-corrected chi connectivity index (χ2v) is 4.10. The molecule has 2 saturated heterocycles. The van der Waals surface area contributed by atoms with Gasteiger partial charge in [-0.1, -0.05) is 0 Å². The zero-order valence-corrected chi connectivity index (χ0v) is 10.3. The summed E-state index contributed by atoms with van der Waals surface area (Å²) in [5.74, 6) is 0. The van der Waals surface area contributed by atoms with Gasteiger partial charge in [0.2, 0.25) is 0 Å². The molecular formula is C10H20ClN3O2. The van der Waals surface area contributed by atoms with Crippen molar-refractivity contribution < 1.29 is 9.53 Å². The molecule has 6 heteroatoms. The summed E-state index contributed by atoms with van der Waals surface area (Å²) in [6.07, 6.45) is 2.29. The van der Waals surface area contributed by atoms with E-state index in [0.717, 1.165) is 39.3 Å². The van der Waals surface area contributed by atoms with Crippen molar-refractivity contribution in [3.8, 4) is 0 Å². The van der Waals surface area contributed by atoms with Crippen molar-refractivity contribution in [3.63, 3.8) is 0 Å². The van der Waals surface area contributed by atoms with Gasteiger partial charge >= 0.3 is 6.09 Å². The highest BCUT2D eigenvalue weighted by atomic mass is 35.5. The van der Waals surface area contributed by atoms with Gasteiger partial charge in [-0.05, 0) is 12.8 Å². The highest BCUT2D eigenvalue weighted by Crippen LogP contribution is 2.07. The monoisotopic (exact) mass is 249 g/mol. The van der Waals surface area contributed by atoms with Crippen molar-refractivity contribution in [3.05, 3.63) is 0 Å². The lowest BCUT2D eigenvalue weighted by molar-refractivity contribution is 0.0512. The molecule has 5 nitrogen and oxygen atoms in total. The van der Waals surface area contributed by atoms with Crippen LogP contribution in [0.15, 0.2) is 0 Å². The van der Waals surface area contributed by atoms with Crippen LogP contribution in [-0.2, 0) is 4.74 Å². The average molecular weight is 250 g/mol. The summed E-state index contributed by atoms with van der Waals surface area (Å²) in [6.45, 7) is 5.86. The van der Waals surface area contributed by atoms with Crippen molar-refractivity contribution in [1.29, 1.82) is 0 Å². The summed E-state index contributed by atoms with van der Waals surface area (Å²) in [4.78, 5) is 15.6. The van der Waals surface area contributed by atoms with E-state index in [9.17, 15) is 4.79 Å². The molecule has 1 N–H and O–H groups in total. The van der Waals surface area contributed by atoms with Crippen molar-refractivity contribution >= 4 is 18.5 Å². The van der Waals surface area contributed by atoms with Crippen LogP contribution < -0.4 is 5.32 Å². The minimum absolute atomic E-state index is 0. The van der Waals surface area contributed by atoms with E-state index in [1.807, 2.05) is 0 Å². The molecule has 0 aromatic carbocycles. The Morgan fingerprint density at radius 3 is 2.38 bits per heavy atom. The van der Waals surface area contributed by atoms with Gasteiger partial charge in [0.25, 0.3) is 0 Å². The van der Waals surface area contributed by atoms with Gasteiger partial charge in [0.15, 0.2) is 0 Å². The molecule has 0 atom stereocenters. The average Bonchev–Trinajstić information content (AvgIpc) is 2.80. The minimum atomic E-state index is -0.164. The number of carbonyl (C=O) groups excluding carboxylic acids is 1. The smallest absolute Gasteiger partial charge is 0.411 e. The van der Waals surface area contributed by atoms with Gasteiger partial charge in [0.05, 0.1) is 0 Å². The SMILES string of the molecule is Cl.O=C(OCN1CCCC1)N1CCNCC1. The summed E-state index contributed by atoms with van der Waals surface area (Å²) in [5.41, 5.74) is 0. The van der Waals surface area contributed by atoms with Crippen molar-refractivity contribution in [2.45, 2.75) is 12.8 Å². The topological polar surface area (TPSA) is 44.8 Å². The van der Waals surface area contributed by atoms with Gasteiger partial charge < -0.3 is 15.0 Å². The van der Waals surface area contributed by atoms with Crippen LogP contribution in [0.25, 0.3) is 0 Å². The van der Waals surface area contributed by atoms with Gasteiger partial charge in [0, 0.05) is 39.3 Å². The van der Waals surface area contributed by atoms with Crippen molar-refractivity contribution in [2.75, 3.05) is 46.0 Å². The molecule has 0 radical (unpaired) electrons. The predicted molar refractivity (Wildman–Crippen MR) is 63.8 cm³/mol. The molecule has 0 aliphatic carbocycles. The largest absolute Gasteiger partial charge is 0.433 e. The second-order valence-electron chi connectivity index (χ2n) is 4.10. The number of rotatable bonds is 2. The summed E-state index contributed by atoms with van der Waals surface area (Å²) in [7, 11) is 0. The van der Waals surface area contributed by atoms with Crippen LogP contribution >= 0.6 is 12.4 Å². The highest BCUT2D eigenvalue weighted by Gasteiger charge is 2.19. The molecule has 16 heavy (non-hydrogen) atoms. The number of amides is 1. The van der Waals surface area contributed by atoms with E-state index in [1.54, 1.807) is 4.90 Å². The molecule has 0 spiro atoms. The molecule has 0 aromatic heterocycles. The van der Waals surface area contributed by atoms with Gasteiger partial charge in [-0.3, -0.25) is 4.90 Å². The highest BCUT2D eigenvalue weighted by molar-refractivity contribution is 5.85. The molecule has 0 aromatic rings. The van der Waals surface area contributed by atoms with E-state index in [1.165, 1.54) is 12.8 Å². The van der Waals surface area contributed by atoms with Crippen molar-refractivity contribution in [2.24, 2.45) is 0 Å². The van der Waals surface area contributed by atoms with Gasteiger partial charge in [-0.25, -0.2) is 4.79 Å². The van der Waals surface area contributed by atoms with Gasteiger partial charge in [0.1, 0.15) is 6.73 Å². The number of hydrogen-bond donors (Lipinski definition) is 1. The molecule has 0 bridgehead atoms. The van der Waals surface area contributed by atoms with E-state index in [0.29, 0.717) is 6.73 Å². The summed E-state index contributed by atoms with van der Waals surface area (Å²) < 4.78 is 5.25. The van der Waals surface area contributed by atoms with Crippen LogP contribution in [-0.4, -0.2) is 61.9 Å². The van der Waals surface area contributed by atoms with Gasteiger partial charge in [-0.2, -0.15) is 0 Å². The summed E-state index contributed by atoms with van der Waals surface area (Å²) >= 11 is 0. The molecule has 2 aliphatic rings. The fourth-order valence-electron chi connectivity index (χ4n) is 2.00. The molecule has 2 heterocycles. The minimum Gasteiger partial charge on any atom is -0.433 e. The standard InChI is InChI=1S/C10H19N3O2.ClH/c14-10(13-7-3-11-4-8-13)15-9-12-5-1-2-6-12;/h11H,1-9H2;1H. The van der Waals surface area contributed by atoms with Crippen LogP contribution in [0, 0.1) is 0 Å².